The van der Waals surface area contributed by atoms with E-state index in [-0.39, 0.29) is 17.8 Å². The topological polar surface area (TPSA) is 78.3 Å². The smallest absolute Gasteiger partial charge is 0.234 e. The monoisotopic (exact) mass is 474 g/mol. The molecule has 174 valence electrons. The van der Waals surface area contributed by atoms with E-state index in [1.54, 1.807) is 7.11 Å². The van der Waals surface area contributed by atoms with E-state index in [4.69, 9.17) is 9.47 Å². The van der Waals surface area contributed by atoms with Crippen LogP contribution in [-0.2, 0) is 4.79 Å². The van der Waals surface area contributed by atoms with E-state index < -0.39 is 0 Å². The Labute approximate surface area is 203 Å². The average Bonchev–Trinajstić information content (AvgIpc) is 3.28. The van der Waals surface area contributed by atoms with Crippen molar-refractivity contribution in [2.45, 2.75) is 25.1 Å². The molecule has 1 atom stereocenters. The maximum absolute atomic E-state index is 12.6. The molecule has 0 aliphatic carbocycles. The molecule has 0 aliphatic rings. The number of rotatable bonds is 9. The van der Waals surface area contributed by atoms with Gasteiger partial charge in [0, 0.05) is 11.4 Å². The van der Waals surface area contributed by atoms with Gasteiger partial charge in [-0.15, -0.1) is 10.2 Å². The highest BCUT2D eigenvalue weighted by atomic mass is 32.2. The largest absolute Gasteiger partial charge is 0.497 e. The number of hydrogen-bond acceptors (Lipinski definition) is 6. The van der Waals surface area contributed by atoms with E-state index in [0.29, 0.717) is 16.7 Å². The second-order valence-corrected chi connectivity index (χ2v) is 8.60. The molecule has 0 aliphatic heterocycles. The van der Waals surface area contributed by atoms with Crippen molar-refractivity contribution < 1.29 is 14.3 Å². The summed E-state index contributed by atoms with van der Waals surface area (Å²) < 4.78 is 13.3. The lowest BCUT2D eigenvalue weighted by atomic mass is 10.2. The summed E-state index contributed by atoms with van der Waals surface area (Å²) in [5, 5.41) is 12.3. The number of thioether (sulfide) groups is 1. The molecule has 0 spiro atoms. The van der Waals surface area contributed by atoms with Crippen LogP contribution in [0.15, 0.2) is 84.0 Å². The zero-order valence-electron chi connectivity index (χ0n) is 19.3. The quantitative estimate of drug-likeness (QED) is 0.325. The van der Waals surface area contributed by atoms with Crippen LogP contribution in [0.1, 0.15) is 24.4 Å². The highest BCUT2D eigenvalue weighted by Gasteiger charge is 2.21. The highest BCUT2D eigenvalue weighted by Crippen LogP contribution is 2.28. The maximum Gasteiger partial charge on any atom is 0.234 e. The van der Waals surface area contributed by atoms with Gasteiger partial charge in [0.1, 0.15) is 11.5 Å². The maximum atomic E-state index is 12.6. The molecular formula is C26H26N4O3S. The fourth-order valence-corrected chi connectivity index (χ4v) is 4.18. The van der Waals surface area contributed by atoms with E-state index in [1.165, 1.54) is 11.8 Å². The van der Waals surface area contributed by atoms with Crippen LogP contribution >= 0.6 is 11.8 Å². The molecule has 1 unspecified atom stereocenters. The summed E-state index contributed by atoms with van der Waals surface area (Å²) in [6, 6.07) is 24.9. The summed E-state index contributed by atoms with van der Waals surface area (Å²) in [5.74, 6) is 2.19. The first-order chi connectivity index (χ1) is 16.5. The van der Waals surface area contributed by atoms with Crippen molar-refractivity contribution in [2.75, 3.05) is 18.2 Å². The molecule has 1 N–H and O–H groups in total. The Morgan fingerprint density at radius 3 is 2.44 bits per heavy atom. The molecule has 0 radical (unpaired) electrons. The third kappa shape index (κ3) is 5.77. The molecule has 7 nitrogen and oxygen atoms in total. The van der Waals surface area contributed by atoms with Crippen molar-refractivity contribution >= 4 is 23.4 Å². The first kappa shape index (κ1) is 23.4. The number of carbonyl (C=O) groups is 1. The third-order valence-electron chi connectivity index (χ3n) is 5.04. The number of benzene rings is 3. The summed E-state index contributed by atoms with van der Waals surface area (Å²) in [6.07, 6.45) is -0.378. The molecule has 4 aromatic rings. The van der Waals surface area contributed by atoms with Gasteiger partial charge in [0.25, 0.3) is 0 Å². The zero-order valence-corrected chi connectivity index (χ0v) is 20.1. The fraction of sp³-hybridized carbons (Fsp3) is 0.192. The zero-order chi connectivity index (χ0) is 23.9. The summed E-state index contributed by atoms with van der Waals surface area (Å²) in [7, 11) is 1.63. The summed E-state index contributed by atoms with van der Waals surface area (Å²) in [5.41, 5.74) is 2.76. The lowest BCUT2D eigenvalue weighted by Gasteiger charge is -2.17. The normalized spacial score (nSPS) is 11.6. The van der Waals surface area contributed by atoms with Crippen LogP contribution in [-0.4, -0.2) is 33.5 Å². The minimum atomic E-state index is -0.378. The molecule has 4 rings (SSSR count). The van der Waals surface area contributed by atoms with Crippen LogP contribution in [0.25, 0.3) is 5.69 Å². The predicted octanol–water partition coefficient (Wildman–Crippen LogP) is 5.46. The van der Waals surface area contributed by atoms with E-state index in [2.05, 4.69) is 15.5 Å². The molecule has 1 amide bonds. The van der Waals surface area contributed by atoms with Crippen LogP contribution in [0.3, 0.4) is 0 Å². The number of ether oxygens (including phenoxy) is 2. The molecule has 0 fully saturated rings. The van der Waals surface area contributed by atoms with Gasteiger partial charge < -0.3 is 14.8 Å². The van der Waals surface area contributed by atoms with Crippen molar-refractivity contribution in [1.82, 2.24) is 14.8 Å². The van der Waals surface area contributed by atoms with Crippen molar-refractivity contribution in [2.24, 2.45) is 0 Å². The number of carbonyl (C=O) groups excluding carboxylic acids is 1. The molecule has 0 bridgehead atoms. The van der Waals surface area contributed by atoms with E-state index >= 15 is 0 Å². The number of hydrogen-bond donors (Lipinski definition) is 1. The van der Waals surface area contributed by atoms with Gasteiger partial charge in [-0.3, -0.25) is 9.36 Å². The minimum absolute atomic E-state index is 0.109. The molecule has 1 heterocycles. The van der Waals surface area contributed by atoms with Gasteiger partial charge in [-0.25, -0.2) is 0 Å². The third-order valence-corrected chi connectivity index (χ3v) is 5.97. The molecule has 0 saturated carbocycles. The second kappa shape index (κ2) is 10.9. The van der Waals surface area contributed by atoms with Gasteiger partial charge in [0.2, 0.25) is 5.91 Å². The van der Waals surface area contributed by atoms with Crippen molar-refractivity contribution in [1.29, 1.82) is 0 Å². The van der Waals surface area contributed by atoms with Crippen molar-refractivity contribution in [3.8, 4) is 17.2 Å². The first-order valence-electron chi connectivity index (χ1n) is 10.8. The number of methoxy groups -OCH3 is 1. The van der Waals surface area contributed by atoms with Gasteiger partial charge in [0.15, 0.2) is 17.1 Å². The Hall–Kier alpha value is -3.78. The number of amides is 1. The Morgan fingerprint density at radius 2 is 1.74 bits per heavy atom. The van der Waals surface area contributed by atoms with E-state index in [9.17, 15) is 4.79 Å². The van der Waals surface area contributed by atoms with Gasteiger partial charge in [-0.1, -0.05) is 42.1 Å². The Morgan fingerprint density at radius 1 is 1.00 bits per heavy atom. The summed E-state index contributed by atoms with van der Waals surface area (Å²) >= 11 is 1.33. The Bertz CT molecular complexity index is 1240. The predicted molar refractivity (Wildman–Crippen MR) is 134 cm³/mol. The molecule has 1 aromatic heterocycles. The average molecular weight is 475 g/mol. The molecular weight excluding hydrogens is 448 g/mol. The summed E-state index contributed by atoms with van der Waals surface area (Å²) in [6.45, 7) is 3.91. The van der Waals surface area contributed by atoms with Crippen molar-refractivity contribution in [3.63, 3.8) is 0 Å². The number of aryl methyl sites for hydroxylation is 1. The van der Waals surface area contributed by atoms with Crippen LogP contribution in [0.4, 0.5) is 5.69 Å². The number of nitrogens with zero attached hydrogens (tertiary/aromatic N) is 3. The van der Waals surface area contributed by atoms with Crippen LogP contribution in [0.5, 0.6) is 11.5 Å². The standard InChI is InChI=1S/C26H26N4O3S/c1-18-8-7-9-20(16-18)27-24(31)17-34-26-29-28-25(30(26)21-10-5-4-6-11-21)19(2)33-23-14-12-22(32-3)13-15-23/h4-16,19H,17H2,1-3H3,(H,27,31). The SMILES string of the molecule is COc1ccc(OC(C)c2nnc(SCC(=O)Nc3cccc(C)c3)n2-c2ccccc2)cc1. The number of nitrogens with one attached hydrogen (secondary N) is 1. The first-order valence-corrected chi connectivity index (χ1v) is 11.8. The highest BCUT2D eigenvalue weighted by molar-refractivity contribution is 7.99. The second-order valence-electron chi connectivity index (χ2n) is 7.65. The molecule has 34 heavy (non-hydrogen) atoms. The van der Waals surface area contributed by atoms with Crippen LogP contribution in [0, 0.1) is 6.92 Å². The minimum Gasteiger partial charge on any atom is -0.497 e. The van der Waals surface area contributed by atoms with Gasteiger partial charge in [-0.2, -0.15) is 0 Å². The molecule has 8 heteroatoms. The van der Waals surface area contributed by atoms with E-state index in [0.717, 1.165) is 22.7 Å². The van der Waals surface area contributed by atoms with E-state index in [1.807, 2.05) is 97.3 Å². The van der Waals surface area contributed by atoms with Gasteiger partial charge in [-0.05, 0) is 67.9 Å². The number of aromatic nitrogens is 3. The molecule has 3 aromatic carbocycles. The Kier molecular flexibility index (Phi) is 7.49. The van der Waals surface area contributed by atoms with Crippen molar-refractivity contribution in [3.05, 3.63) is 90.3 Å². The van der Waals surface area contributed by atoms with Crippen LogP contribution < -0.4 is 14.8 Å². The van der Waals surface area contributed by atoms with Gasteiger partial charge >= 0.3 is 0 Å². The lowest BCUT2D eigenvalue weighted by molar-refractivity contribution is -0.113. The Balaban J connectivity index is 1.52. The molecule has 0 saturated heterocycles. The van der Waals surface area contributed by atoms with Crippen LogP contribution in [0.2, 0.25) is 0 Å². The van der Waals surface area contributed by atoms with Gasteiger partial charge in [0.05, 0.1) is 12.9 Å². The number of anilines is 1. The lowest BCUT2D eigenvalue weighted by Crippen LogP contribution is -2.15. The summed E-state index contributed by atoms with van der Waals surface area (Å²) in [4.78, 5) is 12.6. The fourth-order valence-electron chi connectivity index (χ4n) is 3.42. The number of para-hydroxylation sites is 1.